The zero-order valence-electron chi connectivity index (χ0n) is 14.1. The number of nitrogens with one attached hydrogen (secondary N) is 2. The molecule has 2 heterocycles. The summed E-state index contributed by atoms with van der Waals surface area (Å²) in [6.07, 6.45) is 1.10. The fraction of sp³-hybridized carbons (Fsp3) is 0.333. The molecule has 1 atom stereocenters. The van der Waals surface area contributed by atoms with Crippen molar-refractivity contribution in [1.29, 1.82) is 5.41 Å². The molecule has 1 aromatic heterocycles. The van der Waals surface area contributed by atoms with Crippen molar-refractivity contribution >= 4 is 23.2 Å². The van der Waals surface area contributed by atoms with Gasteiger partial charge in [-0.3, -0.25) is 15.1 Å². The Morgan fingerprint density at radius 1 is 1.38 bits per heavy atom. The predicted octanol–water partition coefficient (Wildman–Crippen LogP) is 3.42. The molecule has 1 aliphatic rings. The van der Waals surface area contributed by atoms with Crippen LogP contribution in [0.1, 0.15) is 24.6 Å². The Morgan fingerprint density at radius 3 is 2.83 bits per heavy atom. The summed E-state index contributed by atoms with van der Waals surface area (Å²) >= 11 is 1.62. The molecule has 2 N–H and O–H groups in total. The van der Waals surface area contributed by atoms with Crippen LogP contribution in [-0.2, 0) is 10.3 Å². The van der Waals surface area contributed by atoms with E-state index >= 15 is 0 Å². The van der Waals surface area contributed by atoms with E-state index in [2.05, 4.69) is 16.8 Å². The van der Waals surface area contributed by atoms with Gasteiger partial charge in [-0.05, 0) is 41.1 Å². The molecule has 6 heteroatoms. The topological polar surface area (TPSA) is 65.4 Å². The number of amides is 1. The molecular formula is C18H21N3O2S. The van der Waals surface area contributed by atoms with Crippen molar-refractivity contribution in [2.24, 2.45) is 0 Å². The number of nitrogens with zero attached hydrogens (tertiary/aromatic N) is 1. The van der Waals surface area contributed by atoms with Crippen LogP contribution in [0.5, 0.6) is 5.75 Å². The van der Waals surface area contributed by atoms with Gasteiger partial charge >= 0.3 is 0 Å². The Kier molecular flexibility index (Phi) is 4.32. The van der Waals surface area contributed by atoms with E-state index in [0.717, 1.165) is 28.2 Å². The standard InChI is InChI=1S/C18H21N3O2S/c1-4-18(10-16(22)21(2)17(19)20-18)15-9-13(11-24-15)12-6-5-7-14(8-12)23-3/h5-9,11H,4,10H2,1-3H3,(H2,19,20)/t18-/m0/s1. The predicted molar refractivity (Wildman–Crippen MR) is 96.5 cm³/mol. The molecule has 0 spiro atoms. The van der Waals surface area contributed by atoms with Crippen LogP contribution in [0.3, 0.4) is 0 Å². The average Bonchev–Trinajstić information content (AvgIpc) is 3.10. The molecule has 0 aliphatic carbocycles. The molecule has 126 valence electrons. The van der Waals surface area contributed by atoms with Gasteiger partial charge in [-0.2, -0.15) is 0 Å². The number of ether oxygens (including phenoxy) is 1. The van der Waals surface area contributed by atoms with Crippen molar-refractivity contribution < 1.29 is 9.53 Å². The van der Waals surface area contributed by atoms with E-state index in [4.69, 9.17) is 10.1 Å². The van der Waals surface area contributed by atoms with E-state index in [9.17, 15) is 4.79 Å². The molecule has 24 heavy (non-hydrogen) atoms. The summed E-state index contributed by atoms with van der Waals surface area (Å²) < 4.78 is 5.29. The third-order valence-electron chi connectivity index (χ3n) is 4.60. The zero-order valence-corrected chi connectivity index (χ0v) is 14.9. The summed E-state index contributed by atoms with van der Waals surface area (Å²) in [6.45, 7) is 2.05. The monoisotopic (exact) mass is 343 g/mol. The number of benzene rings is 1. The van der Waals surface area contributed by atoms with E-state index in [0.29, 0.717) is 6.42 Å². The van der Waals surface area contributed by atoms with Gasteiger partial charge in [-0.15, -0.1) is 11.3 Å². The van der Waals surface area contributed by atoms with Crippen LogP contribution in [0.25, 0.3) is 11.1 Å². The van der Waals surface area contributed by atoms with Crippen LogP contribution in [0.15, 0.2) is 35.7 Å². The summed E-state index contributed by atoms with van der Waals surface area (Å²) in [4.78, 5) is 14.7. The average molecular weight is 343 g/mol. The van der Waals surface area contributed by atoms with E-state index in [1.807, 2.05) is 31.2 Å². The summed E-state index contributed by atoms with van der Waals surface area (Å²) in [5.41, 5.74) is 1.68. The molecule has 0 saturated carbocycles. The molecule has 1 fully saturated rings. The fourth-order valence-electron chi connectivity index (χ4n) is 2.93. The minimum absolute atomic E-state index is 0.0306. The summed E-state index contributed by atoms with van der Waals surface area (Å²) in [5, 5.41) is 13.4. The number of guanidine groups is 1. The van der Waals surface area contributed by atoms with E-state index in [-0.39, 0.29) is 11.9 Å². The first-order chi connectivity index (χ1) is 11.5. The largest absolute Gasteiger partial charge is 0.497 e. The number of rotatable bonds is 4. The normalized spacial score (nSPS) is 20.9. The van der Waals surface area contributed by atoms with Crippen molar-refractivity contribution in [3.8, 4) is 16.9 Å². The minimum atomic E-state index is -0.498. The highest BCUT2D eigenvalue weighted by Gasteiger charge is 2.41. The van der Waals surface area contributed by atoms with Gasteiger partial charge < -0.3 is 10.1 Å². The van der Waals surface area contributed by atoms with E-state index < -0.39 is 5.54 Å². The summed E-state index contributed by atoms with van der Waals surface area (Å²) in [6, 6.07) is 10.0. The molecule has 0 unspecified atom stereocenters. The van der Waals surface area contributed by atoms with Gasteiger partial charge in [0.25, 0.3) is 0 Å². The third kappa shape index (κ3) is 2.78. The van der Waals surface area contributed by atoms with Gasteiger partial charge in [-0.25, -0.2) is 0 Å². The molecule has 1 saturated heterocycles. The van der Waals surface area contributed by atoms with Crippen LogP contribution in [0.2, 0.25) is 0 Å². The fourth-order valence-corrected chi connectivity index (χ4v) is 4.08. The Bertz CT molecular complexity index is 766. The third-order valence-corrected chi connectivity index (χ3v) is 5.73. The number of hydrogen-bond acceptors (Lipinski definition) is 4. The number of carbonyl (C=O) groups is 1. The van der Waals surface area contributed by atoms with E-state index in [1.165, 1.54) is 4.90 Å². The maximum absolute atomic E-state index is 12.2. The van der Waals surface area contributed by atoms with Gasteiger partial charge in [0.2, 0.25) is 5.91 Å². The quantitative estimate of drug-likeness (QED) is 0.894. The van der Waals surface area contributed by atoms with Crippen LogP contribution in [0, 0.1) is 5.41 Å². The molecule has 0 radical (unpaired) electrons. The van der Waals surface area contributed by atoms with Gasteiger partial charge in [0, 0.05) is 11.9 Å². The van der Waals surface area contributed by atoms with Crippen molar-refractivity contribution in [3.05, 3.63) is 40.6 Å². The van der Waals surface area contributed by atoms with Gasteiger partial charge in [0.1, 0.15) is 5.75 Å². The molecule has 0 bridgehead atoms. The maximum Gasteiger partial charge on any atom is 0.231 e. The highest BCUT2D eigenvalue weighted by atomic mass is 32.1. The van der Waals surface area contributed by atoms with Crippen molar-refractivity contribution in [2.45, 2.75) is 25.3 Å². The van der Waals surface area contributed by atoms with Crippen LogP contribution in [0.4, 0.5) is 0 Å². The molecule has 2 aromatic rings. The molecule has 5 nitrogen and oxygen atoms in total. The first kappa shape index (κ1) is 16.5. The lowest BCUT2D eigenvalue weighted by Gasteiger charge is -2.40. The lowest BCUT2D eigenvalue weighted by Crippen LogP contribution is -2.58. The first-order valence-corrected chi connectivity index (χ1v) is 8.74. The van der Waals surface area contributed by atoms with Gasteiger partial charge in [0.15, 0.2) is 5.96 Å². The number of carbonyl (C=O) groups excluding carboxylic acids is 1. The molecule has 1 aliphatic heterocycles. The SMILES string of the molecule is CC[C@@]1(c2cc(-c3cccc(OC)c3)cs2)CC(=O)N(C)C(=N)N1. The minimum Gasteiger partial charge on any atom is -0.497 e. The van der Waals surface area contributed by atoms with Crippen LogP contribution < -0.4 is 10.1 Å². The lowest BCUT2D eigenvalue weighted by molar-refractivity contribution is -0.129. The first-order valence-electron chi connectivity index (χ1n) is 7.86. The Hall–Kier alpha value is -2.34. The van der Waals surface area contributed by atoms with Crippen molar-refractivity contribution in [2.75, 3.05) is 14.2 Å². The van der Waals surface area contributed by atoms with Gasteiger partial charge in [-0.1, -0.05) is 19.1 Å². The maximum atomic E-state index is 12.2. The van der Waals surface area contributed by atoms with Crippen LogP contribution in [-0.4, -0.2) is 30.9 Å². The summed E-state index contributed by atoms with van der Waals surface area (Å²) in [7, 11) is 3.29. The van der Waals surface area contributed by atoms with Crippen molar-refractivity contribution in [1.82, 2.24) is 10.2 Å². The Morgan fingerprint density at radius 2 is 2.17 bits per heavy atom. The smallest absolute Gasteiger partial charge is 0.231 e. The molecule has 1 aromatic carbocycles. The summed E-state index contributed by atoms with van der Waals surface area (Å²) in [5.74, 6) is 0.946. The number of thiophene rings is 1. The molecule has 3 rings (SSSR count). The Labute approximate surface area is 145 Å². The second-order valence-corrected chi connectivity index (χ2v) is 6.88. The Balaban J connectivity index is 1.96. The molecular weight excluding hydrogens is 322 g/mol. The number of methoxy groups -OCH3 is 1. The van der Waals surface area contributed by atoms with Gasteiger partial charge in [0.05, 0.1) is 19.1 Å². The highest BCUT2D eigenvalue weighted by molar-refractivity contribution is 7.10. The zero-order chi connectivity index (χ0) is 17.3. The highest BCUT2D eigenvalue weighted by Crippen LogP contribution is 2.39. The number of hydrogen-bond donors (Lipinski definition) is 2. The van der Waals surface area contributed by atoms with E-state index in [1.54, 1.807) is 25.5 Å². The lowest BCUT2D eigenvalue weighted by atomic mass is 9.87. The molecule has 1 amide bonds. The van der Waals surface area contributed by atoms with Crippen LogP contribution >= 0.6 is 11.3 Å². The second-order valence-electron chi connectivity index (χ2n) is 5.97. The second kappa shape index (κ2) is 6.28. The van der Waals surface area contributed by atoms with Crippen molar-refractivity contribution in [3.63, 3.8) is 0 Å².